The van der Waals surface area contributed by atoms with Crippen molar-refractivity contribution in [2.24, 2.45) is 0 Å². The van der Waals surface area contributed by atoms with Crippen LogP contribution in [0.4, 0.5) is 5.82 Å². The van der Waals surface area contributed by atoms with Gasteiger partial charge in [-0.15, -0.1) is 0 Å². The first-order valence-electron chi connectivity index (χ1n) is 4.27. The molecule has 3 nitrogen and oxygen atoms in total. The van der Waals surface area contributed by atoms with Gasteiger partial charge in [-0.3, -0.25) is 0 Å². The summed E-state index contributed by atoms with van der Waals surface area (Å²) in [5, 5.41) is 9.47. The zero-order valence-electron chi connectivity index (χ0n) is 6.90. The number of anilines is 1. The molecule has 2 rings (SSSR count). The van der Waals surface area contributed by atoms with Gasteiger partial charge in [-0.1, -0.05) is 0 Å². The van der Waals surface area contributed by atoms with Crippen molar-refractivity contribution in [2.75, 3.05) is 18.0 Å². The van der Waals surface area contributed by atoms with E-state index in [-0.39, 0.29) is 0 Å². The molecule has 1 N–H and O–H groups in total. The van der Waals surface area contributed by atoms with Crippen molar-refractivity contribution in [2.45, 2.75) is 12.8 Å². The Labute approximate surface area is 71.7 Å². The lowest BCUT2D eigenvalue weighted by atomic mass is 10.4. The quantitative estimate of drug-likeness (QED) is 0.681. The third-order valence-electron chi connectivity index (χ3n) is 2.17. The largest absolute Gasteiger partial charge is 0.504 e. The molecule has 0 spiro atoms. The molecule has 0 radical (unpaired) electrons. The second-order valence-corrected chi connectivity index (χ2v) is 3.04. The van der Waals surface area contributed by atoms with E-state index in [0.29, 0.717) is 5.75 Å². The first-order valence-corrected chi connectivity index (χ1v) is 4.27. The molecule has 1 fully saturated rings. The summed E-state index contributed by atoms with van der Waals surface area (Å²) in [6, 6.07) is 3.43. The van der Waals surface area contributed by atoms with Crippen molar-refractivity contribution in [1.82, 2.24) is 4.98 Å². The Bertz CT molecular complexity index is 269. The highest BCUT2D eigenvalue weighted by atomic mass is 16.3. The average molecular weight is 164 g/mol. The number of rotatable bonds is 1. The van der Waals surface area contributed by atoms with Gasteiger partial charge in [-0.05, 0) is 25.0 Å². The summed E-state index contributed by atoms with van der Waals surface area (Å²) >= 11 is 0. The van der Waals surface area contributed by atoms with Crippen LogP contribution in [-0.4, -0.2) is 23.2 Å². The zero-order chi connectivity index (χ0) is 8.39. The Balaban J connectivity index is 2.26. The summed E-state index contributed by atoms with van der Waals surface area (Å²) in [5.74, 6) is 1.02. The summed E-state index contributed by atoms with van der Waals surface area (Å²) in [7, 11) is 0. The molecule has 1 aliphatic heterocycles. The molecule has 1 saturated heterocycles. The molecule has 0 atom stereocenters. The van der Waals surface area contributed by atoms with Crippen LogP contribution in [0.25, 0.3) is 0 Å². The molecule has 0 aliphatic carbocycles. The maximum absolute atomic E-state index is 9.47. The van der Waals surface area contributed by atoms with E-state index < -0.39 is 0 Å². The van der Waals surface area contributed by atoms with Gasteiger partial charge in [0.15, 0.2) is 11.6 Å². The lowest BCUT2D eigenvalue weighted by Gasteiger charge is -2.16. The second-order valence-electron chi connectivity index (χ2n) is 3.04. The topological polar surface area (TPSA) is 36.4 Å². The van der Waals surface area contributed by atoms with E-state index >= 15 is 0 Å². The van der Waals surface area contributed by atoms with Crippen LogP contribution in [0.2, 0.25) is 0 Å². The van der Waals surface area contributed by atoms with Crippen molar-refractivity contribution in [1.29, 1.82) is 0 Å². The van der Waals surface area contributed by atoms with E-state index in [1.54, 1.807) is 18.3 Å². The van der Waals surface area contributed by atoms with Gasteiger partial charge < -0.3 is 10.0 Å². The van der Waals surface area contributed by atoms with Gasteiger partial charge in [0, 0.05) is 19.3 Å². The Kier molecular flexibility index (Phi) is 1.86. The number of pyridine rings is 1. The molecular weight excluding hydrogens is 152 g/mol. The number of aromatic hydroxyl groups is 1. The van der Waals surface area contributed by atoms with E-state index in [1.165, 1.54) is 12.8 Å². The van der Waals surface area contributed by atoms with Crippen LogP contribution in [0.1, 0.15) is 12.8 Å². The van der Waals surface area contributed by atoms with Crippen molar-refractivity contribution < 1.29 is 5.11 Å². The summed E-state index contributed by atoms with van der Waals surface area (Å²) in [4.78, 5) is 6.26. The van der Waals surface area contributed by atoms with E-state index in [9.17, 15) is 5.11 Å². The molecule has 0 amide bonds. The minimum atomic E-state index is 0.291. The predicted molar refractivity (Wildman–Crippen MR) is 47.3 cm³/mol. The van der Waals surface area contributed by atoms with Crippen LogP contribution in [-0.2, 0) is 0 Å². The Morgan fingerprint density at radius 2 is 2.08 bits per heavy atom. The Hall–Kier alpha value is -1.25. The summed E-state index contributed by atoms with van der Waals surface area (Å²) in [6.45, 7) is 2.04. The molecule has 1 aromatic heterocycles. The second kappa shape index (κ2) is 3.01. The Morgan fingerprint density at radius 3 is 2.75 bits per heavy atom. The third-order valence-corrected chi connectivity index (χ3v) is 2.17. The van der Waals surface area contributed by atoms with Crippen molar-refractivity contribution in [3.63, 3.8) is 0 Å². The normalized spacial score (nSPS) is 16.8. The van der Waals surface area contributed by atoms with Gasteiger partial charge in [0.25, 0.3) is 0 Å². The molecule has 3 heteroatoms. The highest BCUT2D eigenvalue weighted by molar-refractivity contribution is 5.51. The Morgan fingerprint density at radius 1 is 1.33 bits per heavy atom. The van der Waals surface area contributed by atoms with Crippen LogP contribution in [0.5, 0.6) is 5.75 Å². The smallest absolute Gasteiger partial charge is 0.171 e. The molecule has 12 heavy (non-hydrogen) atoms. The molecule has 1 aliphatic rings. The van der Waals surface area contributed by atoms with E-state index in [4.69, 9.17) is 0 Å². The van der Waals surface area contributed by atoms with Gasteiger partial charge >= 0.3 is 0 Å². The standard InChI is InChI=1S/C9H12N2O/c12-8-4-3-5-10-9(8)11-6-1-2-7-11/h3-5,12H,1-2,6-7H2. The summed E-state index contributed by atoms with van der Waals surface area (Å²) < 4.78 is 0. The van der Waals surface area contributed by atoms with Crippen LogP contribution >= 0.6 is 0 Å². The van der Waals surface area contributed by atoms with Gasteiger partial charge in [0.1, 0.15) is 0 Å². The fourth-order valence-corrected chi connectivity index (χ4v) is 1.56. The minimum Gasteiger partial charge on any atom is -0.504 e. The fourth-order valence-electron chi connectivity index (χ4n) is 1.56. The van der Waals surface area contributed by atoms with Crippen LogP contribution < -0.4 is 4.90 Å². The first kappa shape index (κ1) is 7.40. The SMILES string of the molecule is Oc1cccnc1N1CCCC1. The van der Waals surface area contributed by atoms with E-state index in [1.807, 2.05) is 0 Å². The van der Waals surface area contributed by atoms with E-state index in [2.05, 4.69) is 9.88 Å². The maximum Gasteiger partial charge on any atom is 0.171 e. The van der Waals surface area contributed by atoms with Crippen molar-refractivity contribution >= 4 is 5.82 Å². The zero-order valence-corrected chi connectivity index (χ0v) is 6.90. The number of hydrogen-bond acceptors (Lipinski definition) is 3. The van der Waals surface area contributed by atoms with Gasteiger partial charge in [-0.2, -0.15) is 0 Å². The number of hydrogen-bond donors (Lipinski definition) is 1. The lowest BCUT2D eigenvalue weighted by molar-refractivity contribution is 0.472. The van der Waals surface area contributed by atoms with Gasteiger partial charge in [0.2, 0.25) is 0 Å². The summed E-state index contributed by atoms with van der Waals surface area (Å²) in [6.07, 6.45) is 4.12. The predicted octanol–water partition coefficient (Wildman–Crippen LogP) is 1.39. The maximum atomic E-state index is 9.47. The minimum absolute atomic E-state index is 0.291. The van der Waals surface area contributed by atoms with Gasteiger partial charge in [-0.25, -0.2) is 4.98 Å². The molecular formula is C9H12N2O. The lowest BCUT2D eigenvalue weighted by Crippen LogP contribution is -2.18. The third kappa shape index (κ3) is 1.22. The van der Waals surface area contributed by atoms with Crippen molar-refractivity contribution in [3.05, 3.63) is 18.3 Å². The van der Waals surface area contributed by atoms with Crippen molar-refractivity contribution in [3.8, 4) is 5.75 Å². The molecule has 0 bridgehead atoms. The molecule has 0 saturated carbocycles. The molecule has 1 aromatic rings. The monoisotopic (exact) mass is 164 g/mol. The number of nitrogens with zero attached hydrogens (tertiary/aromatic N) is 2. The van der Waals surface area contributed by atoms with Gasteiger partial charge in [0.05, 0.1) is 0 Å². The average Bonchev–Trinajstić information content (AvgIpc) is 2.57. The van der Waals surface area contributed by atoms with E-state index in [0.717, 1.165) is 18.9 Å². The highest BCUT2D eigenvalue weighted by Crippen LogP contribution is 2.26. The highest BCUT2D eigenvalue weighted by Gasteiger charge is 2.15. The van der Waals surface area contributed by atoms with Crippen LogP contribution in [0.3, 0.4) is 0 Å². The molecule has 0 unspecified atom stereocenters. The number of aromatic nitrogens is 1. The first-order chi connectivity index (χ1) is 5.88. The fraction of sp³-hybridized carbons (Fsp3) is 0.444. The van der Waals surface area contributed by atoms with Crippen LogP contribution in [0, 0.1) is 0 Å². The molecule has 0 aromatic carbocycles. The van der Waals surface area contributed by atoms with Crippen LogP contribution in [0.15, 0.2) is 18.3 Å². The summed E-state index contributed by atoms with van der Waals surface area (Å²) in [5.41, 5.74) is 0. The molecule has 2 heterocycles. The molecule has 64 valence electrons.